The van der Waals surface area contributed by atoms with Gasteiger partial charge in [-0.2, -0.15) is 0 Å². The van der Waals surface area contributed by atoms with Gasteiger partial charge in [-0.1, -0.05) is 0 Å². The van der Waals surface area contributed by atoms with E-state index in [9.17, 15) is 4.79 Å². The van der Waals surface area contributed by atoms with Crippen LogP contribution in [0.4, 0.5) is 0 Å². The molecule has 2 fully saturated rings. The predicted molar refractivity (Wildman–Crippen MR) is 57.1 cm³/mol. The first kappa shape index (κ1) is 11.8. The molecule has 0 radical (unpaired) electrons. The van der Waals surface area contributed by atoms with Crippen molar-refractivity contribution < 1.29 is 19.0 Å². The highest BCUT2D eigenvalue weighted by molar-refractivity contribution is 5.78. The highest BCUT2D eigenvalue weighted by Crippen LogP contribution is 2.28. The Morgan fingerprint density at radius 2 is 2.38 bits per heavy atom. The molecule has 1 atom stereocenters. The number of methoxy groups -OCH3 is 1. The molecule has 1 unspecified atom stereocenters. The second-order valence-electron chi connectivity index (χ2n) is 4.53. The van der Waals surface area contributed by atoms with E-state index in [1.54, 1.807) is 0 Å². The molecule has 0 aliphatic carbocycles. The quantitative estimate of drug-likeness (QED) is 0.670. The molecule has 5 nitrogen and oxygen atoms in total. The molecule has 2 aliphatic rings. The van der Waals surface area contributed by atoms with E-state index in [1.165, 1.54) is 7.11 Å². The lowest BCUT2D eigenvalue weighted by atomic mass is 9.86. The first-order chi connectivity index (χ1) is 7.77. The fourth-order valence-electron chi connectivity index (χ4n) is 2.13. The topological polar surface area (TPSA) is 56.8 Å². The molecule has 0 aromatic rings. The van der Waals surface area contributed by atoms with Crippen molar-refractivity contribution in [3.05, 3.63) is 0 Å². The zero-order chi connectivity index (χ0) is 11.4. The van der Waals surface area contributed by atoms with Crippen LogP contribution in [0.5, 0.6) is 0 Å². The SMILES string of the molecule is COC(=O)C1(CNCC2CCCO2)COC1. The highest BCUT2D eigenvalue weighted by atomic mass is 16.5. The summed E-state index contributed by atoms with van der Waals surface area (Å²) in [4.78, 5) is 11.6. The Bertz CT molecular complexity index is 246. The van der Waals surface area contributed by atoms with E-state index >= 15 is 0 Å². The fourth-order valence-corrected chi connectivity index (χ4v) is 2.13. The Kier molecular flexibility index (Phi) is 3.78. The summed E-state index contributed by atoms with van der Waals surface area (Å²) in [7, 11) is 1.42. The van der Waals surface area contributed by atoms with E-state index in [2.05, 4.69) is 5.32 Å². The molecule has 0 bridgehead atoms. The summed E-state index contributed by atoms with van der Waals surface area (Å²) in [6, 6.07) is 0. The molecule has 5 heteroatoms. The van der Waals surface area contributed by atoms with Crippen molar-refractivity contribution in [1.82, 2.24) is 5.32 Å². The van der Waals surface area contributed by atoms with Crippen LogP contribution in [0.1, 0.15) is 12.8 Å². The minimum atomic E-state index is -0.465. The van der Waals surface area contributed by atoms with E-state index < -0.39 is 5.41 Å². The molecular weight excluding hydrogens is 210 g/mol. The second-order valence-corrected chi connectivity index (χ2v) is 4.53. The van der Waals surface area contributed by atoms with Crippen molar-refractivity contribution in [2.24, 2.45) is 5.41 Å². The van der Waals surface area contributed by atoms with Crippen molar-refractivity contribution in [3.8, 4) is 0 Å². The van der Waals surface area contributed by atoms with Crippen LogP contribution in [0.3, 0.4) is 0 Å². The summed E-state index contributed by atoms with van der Waals surface area (Å²) in [5.74, 6) is -0.182. The van der Waals surface area contributed by atoms with Gasteiger partial charge >= 0.3 is 5.97 Å². The van der Waals surface area contributed by atoms with Crippen LogP contribution in [-0.2, 0) is 19.0 Å². The summed E-state index contributed by atoms with van der Waals surface area (Å²) in [6.45, 7) is 3.19. The van der Waals surface area contributed by atoms with Gasteiger partial charge in [0.2, 0.25) is 0 Å². The van der Waals surface area contributed by atoms with Crippen molar-refractivity contribution in [2.75, 3.05) is 40.0 Å². The van der Waals surface area contributed by atoms with Crippen LogP contribution in [0.15, 0.2) is 0 Å². The predicted octanol–water partition coefficient (Wildman–Crippen LogP) is -0.0554. The Hall–Kier alpha value is -0.650. The third-order valence-electron chi connectivity index (χ3n) is 3.23. The number of carbonyl (C=O) groups excluding carboxylic acids is 1. The summed E-state index contributed by atoms with van der Waals surface area (Å²) in [6.07, 6.45) is 2.54. The Morgan fingerprint density at radius 1 is 1.56 bits per heavy atom. The van der Waals surface area contributed by atoms with Gasteiger partial charge < -0.3 is 19.5 Å². The molecule has 0 aromatic carbocycles. The second kappa shape index (κ2) is 5.12. The number of hydrogen-bond acceptors (Lipinski definition) is 5. The van der Waals surface area contributed by atoms with E-state index in [0.29, 0.717) is 25.9 Å². The lowest BCUT2D eigenvalue weighted by Gasteiger charge is -2.38. The smallest absolute Gasteiger partial charge is 0.317 e. The van der Waals surface area contributed by atoms with Crippen molar-refractivity contribution >= 4 is 5.97 Å². The van der Waals surface area contributed by atoms with Crippen LogP contribution in [0, 0.1) is 5.41 Å². The summed E-state index contributed by atoms with van der Waals surface area (Å²) < 4.78 is 15.4. The van der Waals surface area contributed by atoms with E-state index in [1.807, 2.05) is 0 Å². The Morgan fingerprint density at radius 3 is 2.88 bits per heavy atom. The van der Waals surface area contributed by atoms with E-state index in [0.717, 1.165) is 26.0 Å². The molecule has 0 saturated carbocycles. The Balaban J connectivity index is 1.72. The average Bonchev–Trinajstić information content (AvgIpc) is 2.74. The normalized spacial score (nSPS) is 27.4. The van der Waals surface area contributed by atoms with Crippen molar-refractivity contribution in [1.29, 1.82) is 0 Å². The van der Waals surface area contributed by atoms with Crippen LogP contribution in [-0.4, -0.2) is 52.1 Å². The minimum Gasteiger partial charge on any atom is -0.468 e. The van der Waals surface area contributed by atoms with Crippen molar-refractivity contribution in [3.63, 3.8) is 0 Å². The van der Waals surface area contributed by atoms with Gasteiger partial charge in [0.05, 0.1) is 26.4 Å². The average molecular weight is 229 g/mol. The maximum atomic E-state index is 11.6. The van der Waals surface area contributed by atoms with Gasteiger partial charge in [-0.25, -0.2) is 0 Å². The lowest BCUT2D eigenvalue weighted by Crippen LogP contribution is -2.56. The third kappa shape index (κ3) is 2.36. The van der Waals surface area contributed by atoms with Crippen LogP contribution in [0.25, 0.3) is 0 Å². The van der Waals surface area contributed by atoms with Gasteiger partial charge in [0, 0.05) is 19.7 Å². The molecule has 0 spiro atoms. The number of hydrogen-bond donors (Lipinski definition) is 1. The molecule has 0 aromatic heterocycles. The molecule has 0 amide bonds. The monoisotopic (exact) mass is 229 g/mol. The molecule has 2 rings (SSSR count). The molecule has 2 aliphatic heterocycles. The summed E-state index contributed by atoms with van der Waals surface area (Å²) in [5.41, 5.74) is -0.465. The molecule has 1 N–H and O–H groups in total. The standard InChI is InChI=1S/C11H19NO4/c1-14-10(13)11(7-15-8-11)6-12-5-9-3-2-4-16-9/h9,12H,2-8H2,1H3. The highest BCUT2D eigenvalue weighted by Gasteiger charge is 2.46. The van der Waals surface area contributed by atoms with Gasteiger partial charge in [0.15, 0.2) is 0 Å². The first-order valence-corrected chi connectivity index (χ1v) is 5.75. The molecule has 92 valence electrons. The molecule has 2 heterocycles. The van der Waals surface area contributed by atoms with Gasteiger partial charge in [0.25, 0.3) is 0 Å². The van der Waals surface area contributed by atoms with Crippen LogP contribution < -0.4 is 5.32 Å². The summed E-state index contributed by atoms with van der Waals surface area (Å²) in [5, 5.41) is 3.28. The van der Waals surface area contributed by atoms with Crippen molar-refractivity contribution in [2.45, 2.75) is 18.9 Å². The maximum absolute atomic E-state index is 11.6. The molecule has 2 saturated heterocycles. The largest absolute Gasteiger partial charge is 0.468 e. The van der Waals surface area contributed by atoms with Gasteiger partial charge in [0.1, 0.15) is 5.41 Å². The maximum Gasteiger partial charge on any atom is 0.317 e. The Labute approximate surface area is 95.4 Å². The molecular formula is C11H19NO4. The van der Waals surface area contributed by atoms with Gasteiger partial charge in [-0.05, 0) is 12.8 Å². The number of esters is 1. The lowest BCUT2D eigenvalue weighted by molar-refractivity contribution is -0.182. The summed E-state index contributed by atoms with van der Waals surface area (Å²) >= 11 is 0. The number of nitrogens with one attached hydrogen (secondary N) is 1. The number of ether oxygens (including phenoxy) is 3. The zero-order valence-corrected chi connectivity index (χ0v) is 9.66. The van der Waals surface area contributed by atoms with Gasteiger partial charge in [-0.3, -0.25) is 4.79 Å². The first-order valence-electron chi connectivity index (χ1n) is 5.75. The van der Waals surface area contributed by atoms with E-state index in [-0.39, 0.29) is 5.97 Å². The molecule has 16 heavy (non-hydrogen) atoms. The van der Waals surface area contributed by atoms with Crippen LogP contribution >= 0.6 is 0 Å². The van der Waals surface area contributed by atoms with Crippen LogP contribution in [0.2, 0.25) is 0 Å². The zero-order valence-electron chi connectivity index (χ0n) is 9.66. The fraction of sp³-hybridized carbons (Fsp3) is 0.909. The number of rotatable bonds is 5. The number of carbonyl (C=O) groups is 1. The minimum absolute atomic E-state index is 0.182. The third-order valence-corrected chi connectivity index (χ3v) is 3.23. The van der Waals surface area contributed by atoms with Gasteiger partial charge in [-0.15, -0.1) is 0 Å². The van der Waals surface area contributed by atoms with E-state index in [4.69, 9.17) is 14.2 Å².